The lowest BCUT2D eigenvalue weighted by atomic mass is 10.4. The summed E-state index contributed by atoms with van der Waals surface area (Å²) < 4.78 is 4.53. The van der Waals surface area contributed by atoms with Gasteiger partial charge >= 0.3 is 6.23 Å². The molecule has 0 spiro atoms. The fraction of sp³-hybridized carbons (Fsp3) is 0.500. The SMILES string of the molecule is O=[N+]([O-])C1CC=CO1. The molecule has 8 heavy (non-hydrogen) atoms. The van der Waals surface area contributed by atoms with Crippen molar-refractivity contribution in [3.8, 4) is 0 Å². The molecule has 0 aromatic heterocycles. The smallest absolute Gasteiger partial charge is 0.356 e. The quantitative estimate of drug-likeness (QED) is 0.370. The Kier molecular flexibility index (Phi) is 1.15. The van der Waals surface area contributed by atoms with E-state index in [4.69, 9.17) is 0 Å². The monoisotopic (exact) mass is 115 g/mol. The molecule has 0 aromatic carbocycles. The first-order valence-corrected chi connectivity index (χ1v) is 2.24. The predicted octanol–water partition coefficient (Wildman–Crippen LogP) is 0.523. The van der Waals surface area contributed by atoms with Crippen LogP contribution in [0.1, 0.15) is 6.42 Å². The summed E-state index contributed by atoms with van der Waals surface area (Å²) in [7, 11) is 0. The Morgan fingerprint density at radius 1 is 1.88 bits per heavy atom. The third-order valence-electron chi connectivity index (χ3n) is 0.905. The summed E-state index contributed by atoms with van der Waals surface area (Å²) in [4.78, 5) is 9.40. The number of hydrogen-bond acceptors (Lipinski definition) is 3. The van der Waals surface area contributed by atoms with Crippen molar-refractivity contribution in [1.82, 2.24) is 0 Å². The van der Waals surface area contributed by atoms with Crippen LogP contribution in [0.25, 0.3) is 0 Å². The van der Waals surface area contributed by atoms with Crippen LogP contribution in [-0.2, 0) is 4.74 Å². The number of nitrogens with zero attached hydrogens (tertiary/aromatic N) is 1. The molecule has 0 amide bonds. The highest BCUT2D eigenvalue weighted by molar-refractivity contribution is 4.81. The van der Waals surface area contributed by atoms with Gasteiger partial charge in [-0.05, 0) is 6.08 Å². The summed E-state index contributed by atoms with van der Waals surface area (Å²) >= 11 is 0. The van der Waals surface area contributed by atoms with Gasteiger partial charge in [-0.3, -0.25) is 10.1 Å². The lowest BCUT2D eigenvalue weighted by Crippen LogP contribution is -2.16. The zero-order chi connectivity index (χ0) is 5.98. The summed E-state index contributed by atoms with van der Waals surface area (Å²) in [6, 6.07) is 0. The highest BCUT2D eigenvalue weighted by Gasteiger charge is 2.21. The van der Waals surface area contributed by atoms with Gasteiger partial charge in [0.1, 0.15) is 0 Å². The molecule has 1 unspecified atom stereocenters. The molecule has 1 aliphatic heterocycles. The van der Waals surface area contributed by atoms with Crippen molar-refractivity contribution in [3.05, 3.63) is 22.5 Å². The maximum absolute atomic E-state index is 9.84. The summed E-state index contributed by atoms with van der Waals surface area (Å²) in [6.07, 6.45) is 2.56. The third-order valence-corrected chi connectivity index (χ3v) is 0.905. The van der Waals surface area contributed by atoms with Gasteiger partial charge in [-0.2, -0.15) is 0 Å². The number of nitro groups is 1. The van der Waals surface area contributed by atoms with Crippen molar-refractivity contribution in [3.63, 3.8) is 0 Å². The third kappa shape index (κ3) is 0.776. The van der Waals surface area contributed by atoms with E-state index in [-0.39, 0.29) is 0 Å². The van der Waals surface area contributed by atoms with Gasteiger partial charge in [0, 0.05) is 0 Å². The van der Waals surface area contributed by atoms with Crippen LogP contribution in [0.15, 0.2) is 12.3 Å². The van der Waals surface area contributed by atoms with Crippen molar-refractivity contribution in [2.45, 2.75) is 12.6 Å². The van der Waals surface area contributed by atoms with Crippen LogP contribution in [-0.4, -0.2) is 11.2 Å². The number of hydrogen-bond donors (Lipinski definition) is 0. The second-order valence-corrected chi connectivity index (χ2v) is 1.48. The Labute approximate surface area is 45.9 Å². The molecule has 0 aromatic rings. The van der Waals surface area contributed by atoms with E-state index < -0.39 is 11.2 Å². The first kappa shape index (κ1) is 5.08. The molecule has 44 valence electrons. The van der Waals surface area contributed by atoms with E-state index in [1.54, 1.807) is 6.08 Å². The van der Waals surface area contributed by atoms with Gasteiger partial charge in [0.25, 0.3) is 0 Å². The minimum absolute atomic E-state index is 0.396. The Bertz CT molecular complexity index is 123. The zero-order valence-electron chi connectivity index (χ0n) is 4.11. The normalized spacial score (nSPS) is 25.2. The molecule has 0 aliphatic carbocycles. The van der Waals surface area contributed by atoms with Crippen LogP contribution < -0.4 is 0 Å². The Morgan fingerprint density at radius 2 is 2.62 bits per heavy atom. The molecular weight excluding hydrogens is 110 g/mol. The van der Waals surface area contributed by atoms with Gasteiger partial charge < -0.3 is 4.74 Å². The van der Waals surface area contributed by atoms with Crippen LogP contribution in [0.5, 0.6) is 0 Å². The highest BCUT2D eigenvalue weighted by atomic mass is 16.7. The standard InChI is InChI=1S/C4H5NO3/c6-5(7)4-2-1-3-8-4/h1,3-4H,2H2. The molecule has 1 heterocycles. The molecule has 0 fully saturated rings. The van der Waals surface area contributed by atoms with Crippen LogP contribution in [0, 0.1) is 10.1 Å². The van der Waals surface area contributed by atoms with E-state index in [0.29, 0.717) is 6.42 Å². The fourth-order valence-electron chi connectivity index (χ4n) is 0.510. The summed E-state index contributed by atoms with van der Waals surface area (Å²) in [5, 5.41) is 9.84. The number of ether oxygens (including phenoxy) is 1. The van der Waals surface area contributed by atoms with Gasteiger partial charge in [0.2, 0.25) is 0 Å². The van der Waals surface area contributed by atoms with Gasteiger partial charge in [-0.1, -0.05) is 0 Å². The van der Waals surface area contributed by atoms with Crippen molar-refractivity contribution in [2.24, 2.45) is 0 Å². The zero-order valence-corrected chi connectivity index (χ0v) is 4.11. The summed E-state index contributed by atoms with van der Waals surface area (Å²) in [6.45, 7) is 0. The summed E-state index contributed by atoms with van der Waals surface area (Å²) in [5.74, 6) is 0. The average Bonchev–Trinajstić information content (AvgIpc) is 2.12. The molecule has 0 N–H and O–H groups in total. The highest BCUT2D eigenvalue weighted by Crippen LogP contribution is 2.07. The van der Waals surface area contributed by atoms with E-state index >= 15 is 0 Å². The molecule has 1 aliphatic rings. The minimum atomic E-state index is -0.824. The van der Waals surface area contributed by atoms with Gasteiger partial charge in [-0.15, -0.1) is 0 Å². The molecule has 0 bridgehead atoms. The number of rotatable bonds is 1. The van der Waals surface area contributed by atoms with Crippen LogP contribution in [0.4, 0.5) is 0 Å². The summed E-state index contributed by atoms with van der Waals surface area (Å²) in [5.41, 5.74) is 0. The van der Waals surface area contributed by atoms with Crippen LogP contribution in [0.2, 0.25) is 0 Å². The van der Waals surface area contributed by atoms with Crippen molar-refractivity contribution >= 4 is 0 Å². The lowest BCUT2D eigenvalue weighted by Gasteiger charge is -1.97. The van der Waals surface area contributed by atoms with E-state index in [0.717, 1.165) is 0 Å². The van der Waals surface area contributed by atoms with Crippen molar-refractivity contribution in [2.75, 3.05) is 0 Å². The maximum Gasteiger partial charge on any atom is 0.356 e. The molecule has 0 radical (unpaired) electrons. The first-order chi connectivity index (χ1) is 3.80. The Hall–Kier alpha value is -1.06. The Balaban J connectivity index is 2.41. The molecule has 0 saturated heterocycles. The second kappa shape index (κ2) is 1.81. The largest absolute Gasteiger partial charge is 0.438 e. The van der Waals surface area contributed by atoms with Gasteiger partial charge in [-0.25, -0.2) is 0 Å². The van der Waals surface area contributed by atoms with Crippen LogP contribution in [0.3, 0.4) is 0 Å². The van der Waals surface area contributed by atoms with Crippen LogP contribution >= 0.6 is 0 Å². The fourth-order valence-corrected chi connectivity index (χ4v) is 0.510. The molecule has 1 rings (SSSR count). The van der Waals surface area contributed by atoms with Gasteiger partial charge in [0.05, 0.1) is 17.6 Å². The van der Waals surface area contributed by atoms with E-state index in [9.17, 15) is 10.1 Å². The first-order valence-electron chi connectivity index (χ1n) is 2.24. The topological polar surface area (TPSA) is 52.4 Å². The second-order valence-electron chi connectivity index (χ2n) is 1.48. The predicted molar refractivity (Wildman–Crippen MR) is 25.6 cm³/mol. The lowest BCUT2D eigenvalue weighted by molar-refractivity contribution is -0.565. The molecule has 4 heteroatoms. The Morgan fingerprint density at radius 3 is 2.88 bits per heavy atom. The van der Waals surface area contributed by atoms with E-state index in [1.165, 1.54) is 6.26 Å². The average molecular weight is 115 g/mol. The van der Waals surface area contributed by atoms with Crippen molar-refractivity contribution in [1.29, 1.82) is 0 Å². The van der Waals surface area contributed by atoms with Crippen molar-refractivity contribution < 1.29 is 9.66 Å². The maximum atomic E-state index is 9.84. The van der Waals surface area contributed by atoms with E-state index in [1.807, 2.05) is 0 Å². The minimum Gasteiger partial charge on any atom is -0.438 e. The molecule has 1 atom stereocenters. The molecule has 0 saturated carbocycles. The molecule has 4 nitrogen and oxygen atoms in total. The van der Waals surface area contributed by atoms with Gasteiger partial charge in [0.15, 0.2) is 0 Å². The van der Waals surface area contributed by atoms with E-state index in [2.05, 4.69) is 4.74 Å². The molecular formula is C4H5NO3.